The Morgan fingerprint density at radius 2 is 1.97 bits per heavy atom. The number of fused-ring (bicyclic) bond motifs is 1. The molecule has 8 nitrogen and oxygen atoms in total. The Labute approximate surface area is 170 Å². The lowest BCUT2D eigenvalue weighted by Crippen LogP contribution is -2.52. The molecular formula is C21H27N3O5. The SMILES string of the molecule is CCN1C[C@H](OC)C[C@@H](Oc2ccc3c(c2)CN([C@@H]2CCC(=O)NC2=O)C3=O)C1. The van der Waals surface area contributed by atoms with Crippen LogP contribution in [0.2, 0.25) is 0 Å². The first kappa shape index (κ1) is 19.8. The monoisotopic (exact) mass is 401 g/mol. The molecule has 3 heterocycles. The first-order valence-electron chi connectivity index (χ1n) is 10.2. The number of likely N-dealkylation sites (N-methyl/N-ethyl adjacent to an activating group) is 1. The number of nitrogens with zero attached hydrogens (tertiary/aromatic N) is 2. The zero-order valence-electron chi connectivity index (χ0n) is 16.8. The molecule has 3 atom stereocenters. The van der Waals surface area contributed by atoms with Gasteiger partial charge in [-0.2, -0.15) is 0 Å². The van der Waals surface area contributed by atoms with Gasteiger partial charge in [-0.3, -0.25) is 24.6 Å². The third kappa shape index (κ3) is 4.00. The number of likely N-dealkylation sites (tertiary alicyclic amines) is 1. The Morgan fingerprint density at radius 3 is 2.69 bits per heavy atom. The molecule has 1 N–H and O–H groups in total. The highest BCUT2D eigenvalue weighted by Gasteiger charge is 2.39. The van der Waals surface area contributed by atoms with Gasteiger partial charge in [0.05, 0.1) is 6.10 Å². The molecule has 4 rings (SSSR count). The minimum absolute atomic E-state index is 0.0232. The number of ether oxygens (including phenoxy) is 2. The molecule has 0 aliphatic carbocycles. The van der Waals surface area contributed by atoms with Gasteiger partial charge in [0.25, 0.3) is 5.91 Å². The number of benzene rings is 1. The van der Waals surface area contributed by atoms with Crippen molar-refractivity contribution in [2.45, 2.75) is 51.0 Å². The van der Waals surface area contributed by atoms with Crippen LogP contribution in [0.1, 0.15) is 42.1 Å². The molecule has 0 aromatic heterocycles. The molecule has 8 heteroatoms. The molecule has 1 aromatic carbocycles. The minimum atomic E-state index is -0.601. The molecule has 3 aliphatic rings. The number of imide groups is 1. The summed E-state index contributed by atoms with van der Waals surface area (Å²) in [4.78, 5) is 40.2. The predicted molar refractivity (Wildman–Crippen MR) is 104 cm³/mol. The van der Waals surface area contributed by atoms with Gasteiger partial charge in [0, 0.05) is 45.1 Å². The van der Waals surface area contributed by atoms with Crippen LogP contribution in [-0.2, 0) is 20.9 Å². The number of carbonyl (C=O) groups is 3. The lowest BCUT2D eigenvalue weighted by Gasteiger charge is -2.36. The van der Waals surface area contributed by atoms with Gasteiger partial charge in [0.2, 0.25) is 11.8 Å². The normalized spacial score (nSPS) is 27.7. The molecule has 1 aromatic rings. The summed E-state index contributed by atoms with van der Waals surface area (Å²) in [5, 5.41) is 2.33. The fourth-order valence-electron chi connectivity index (χ4n) is 4.42. The maximum atomic E-state index is 12.8. The average molecular weight is 401 g/mol. The van der Waals surface area contributed by atoms with Crippen LogP contribution < -0.4 is 10.1 Å². The van der Waals surface area contributed by atoms with Crippen LogP contribution in [0.5, 0.6) is 5.75 Å². The lowest BCUT2D eigenvalue weighted by atomic mass is 10.0. The summed E-state index contributed by atoms with van der Waals surface area (Å²) < 4.78 is 11.8. The minimum Gasteiger partial charge on any atom is -0.489 e. The van der Waals surface area contributed by atoms with Crippen LogP contribution in [0.15, 0.2) is 18.2 Å². The van der Waals surface area contributed by atoms with Gasteiger partial charge in [-0.1, -0.05) is 6.92 Å². The molecule has 29 heavy (non-hydrogen) atoms. The molecule has 2 saturated heterocycles. The smallest absolute Gasteiger partial charge is 0.255 e. The van der Waals surface area contributed by atoms with Gasteiger partial charge in [0.1, 0.15) is 17.9 Å². The molecule has 0 bridgehead atoms. The second kappa shape index (κ2) is 8.12. The summed E-state index contributed by atoms with van der Waals surface area (Å²) in [6, 6.07) is 4.88. The predicted octanol–water partition coefficient (Wildman–Crippen LogP) is 0.936. The topological polar surface area (TPSA) is 88.2 Å². The van der Waals surface area contributed by atoms with Crippen molar-refractivity contribution >= 4 is 17.7 Å². The van der Waals surface area contributed by atoms with Gasteiger partial charge in [-0.25, -0.2) is 0 Å². The third-order valence-corrected chi connectivity index (χ3v) is 6.03. The molecule has 0 radical (unpaired) electrons. The van der Waals surface area contributed by atoms with E-state index in [4.69, 9.17) is 9.47 Å². The number of methoxy groups -OCH3 is 1. The Bertz CT molecular complexity index is 815. The number of hydrogen-bond acceptors (Lipinski definition) is 6. The Kier molecular flexibility index (Phi) is 5.56. The molecule has 156 valence electrons. The van der Waals surface area contributed by atoms with Crippen LogP contribution >= 0.6 is 0 Å². The van der Waals surface area contributed by atoms with Crippen LogP contribution in [0.25, 0.3) is 0 Å². The van der Waals surface area contributed by atoms with E-state index in [9.17, 15) is 14.4 Å². The van der Waals surface area contributed by atoms with Gasteiger partial charge >= 0.3 is 0 Å². The van der Waals surface area contributed by atoms with Crippen LogP contribution in [-0.4, -0.2) is 72.5 Å². The molecule has 0 spiro atoms. The largest absolute Gasteiger partial charge is 0.489 e. The van der Waals surface area contributed by atoms with Crippen molar-refractivity contribution in [1.29, 1.82) is 0 Å². The standard InChI is InChI=1S/C21H27N3O5/c1-3-23-11-15(28-2)9-16(12-23)29-14-4-5-17-13(8-14)10-24(21(17)27)18-6-7-19(25)22-20(18)26/h4-5,8,15-16,18H,3,6-7,9-12H2,1-2H3,(H,22,25,26)/t15-,16-,18-/m1/s1. The maximum absolute atomic E-state index is 12.8. The fourth-order valence-corrected chi connectivity index (χ4v) is 4.42. The van der Waals surface area contributed by atoms with Crippen molar-refractivity contribution in [3.05, 3.63) is 29.3 Å². The van der Waals surface area contributed by atoms with E-state index in [2.05, 4.69) is 17.1 Å². The first-order valence-corrected chi connectivity index (χ1v) is 10.2. The molecule has 3 amide bonds. The second-order valence-corrected chi connectivity index (χ2v) is 7.90. The lowest BCUT2D eigenvalue weighted by molar-refractivity contribution is -0.136. The van der Waals surface area contributed by atoms with E-state index >= 15 is 0 Å². The Morgan fingerprint density at radius 1 is 1.17 bits per heavy atom. The number of hydrogen-bond donors (Lipinski definition) is 1. The number of rotatable bonds is 5. The van der Waals surface area contributed by atoms with Crippen molar-refractivity contribution in [2.24, 2.45) is 0 Å². The second-order valence-electron chi connectivity index (χ2n) is 7.90. The van der Waals surface area contributed by atoms with Gasteiger partial charge in [-0.15, -0.1) is 0 Å². The Balaban J connectivity index is 1.46. The van der Waals surface area contributed by atoms with Crippen molar-refractivity contribution in [3.63, 3.8) is 0 Å². The Hall–Kier alpha value is -2.45. The van der Waals surface area contributed by atoms with E-state index in [1.165, 1.54) is 0 Å². The summed E-state index contributed by atoms with van der Waals surface area (Å²) >= 11 is 0. The summed E-state index contributed by atoms with van der Waals surface area (Å²) in [6.45, 7) is 5.17. The number of carbonyl (C=O) groups excluding carboxylic acids is 3. The maximum Gasteiger partial charge on any atom is 0.255 e. The van der Waals surface area contributed by atoms with Crippen LogP contribution in [0.4, 0.5) is 0 Å². The van der Waals surface area contributed by atoms with Gasteiger partial charge in [-0.05, 0) is 36.7 Å². The van der Waals surface area contributed by atoms with E-state index in [0.29, 0.717) is 18.5 Å². The van der Waals surface area contributed by atoms with Gasteiger partial charge in [0.15, 0.2) is 0 Å². The molecule has 0 saturated carbocycles. The number of nitrogens with one attached hydrogen (secondary N) is 1. The zero-order valence-corrected chi connectivity index (χ0v) is 16.8. The van der Waals surface area contributed by atoms with Gasteiger partial charge < -0.3 is 14.4 Å². The molecule has 0 unspecified atom stereocenters. The number of piperidine rings is 2. The van der Waals surface area contributed by atoms with Crippen LogP contribution in [0.3, 0.4) is 0 Å². The molecular weight excluding hydrogens is 374 g/mol. The highest BCUT2D eigenvalue weighted by molar-refractivity contribution is 6.05. The number of amides is 3. The first-order chi connectivity index (χ1) is 14.0. The average Bonchev–Trinajstić information content (AvgIpc) is 3.03. The van der Waals surface area contributed by atoms with Crippen molar-refractivity contribution < 1.29 is 23.9 Å². The van der Waals surface area contributed by atoms with Crippen molar-refractivity contribution in [1.82, 2.24) is 15.1 Å². The summed E-state index contributed by atoms with van der Waals surface area (Å²) in [5.41, 5.74) is 1.44. The quantitative estimate of drug-likeness (QED) is 0.739. The summed E-state index contributed by atoms with van der Waals surface area (Å²) in [7, 11) is 1.73. The van der Waals surface area contributed by atoms with E-state index in [0.717, 1.165) is 37.4 Å². The van der Waals surface area contributed by atoms with E-state index in [1.54, 1.807) is 18.1 Å². The summed E-state index contributed by atoms with van der Waals surface area (Å²) in [6.07, 6.45) is 1.61. The highest BCUT2D eigenvalue weighted by atomic mass is 16.5. The highest BCUT2D eigenvalue weighted by Crippen LogP contribution is 2.31. The fraction of sp³-hybridized carbons (Fsp3) is 0.571. The molecule has 2 fully saturated rings. The molecule has 3 aliphatic heterocycles. The van der Waals surface area contributed by atoms with E-state index in [1.807, 2.05) is 12.1 Å². The van der Waals surface area contributed by atoms with Crippen molar-refractivity contribution in [2.75, 3.05) is 26.7 Å². The zero-order chi connectivity index (χ0) is 20.5. The summed E-state index contributed by atoms with van der Waals surface area (Å²) in [5.74, 6) is -0.129. The van der Waals surface area contributed by atoms with E-state index in [-0.39, 0.29) is 30.4 Å². The third-order valence-electron chi connectivity index (χ3n) is 6.03. The van der Waals surface area contributed by atoms with Crippen molar-refractivity contribution in [3.8, 4) is 5.75 Å². The van der Waals surface area contributed by atoms with E-state index < -0.39 is 11.9 Å². The van der Waals surface area contributed by atoms with Crippen LogP contribution in [0, 0.1) is 0 Å².